The Morgan fingerprint density at radius 3 is 2.43 bits per heavy atom. The first-order chi connectivity index (χ1) is 10.1. The van der Waals surface area contributed by atoms with Gasteiger partial charge in [-0.2, -0.15) is 0 Å². The van der Waals surface area contributed by atoms with Gasteiger partial charge in [0.2, 0.25) is 5.95 Å². The molecule has 2 aromatic rings. The van der Waals surface area contributed by atoms with Gasteiger partial charge in [-0.1, -0.05) is 0 Å². The van der Waals surface area contributed by atoms with Crippen LogP contribution in [0, 0.1) is 0 Å². The average Bonchev–Trinajstić information content (AvgIpc) is 2.50. The summed E-state index contributed by atoms with van der Waals surface area (Å²) in [7, 11) is 1.33. The Morgan fingerprint density at radius 1 is 1.24 bits per heavy atom. The molecule has 2 rings (SSSR count). The second-order valence-electron chi connectivity index (χ2n) is 4.16. The number of nitrogens with one attached hydrogen (secondary N) is 1. The summed E-state index contributed by atoms with van der Waals surface area (Å²) >= 11 is 3.27. The molecule has 0 aliphatic rings. The number of carbonyl (C=O) groups is 1. The highest BCUT2D eigenvalue weighted by Crippen LogP contribution is 2.19. The Hall–Kier alpha value is -2.15. The zero-order valence-electron chi connectivity index (χ0n) is 11.5. The molecule has 1 heterocycles. The van der Waals surface area contributed by atoms with Crippen molar-refractivity contribution >= 4 is 33.5 Å². The largest absolute Gasteiger partial charge is 0.479 e. The predicted octanol–water partition coefficient (Wildman–Crippen LogP) is 2.92. The van der Waals surface area contributed by atoms with Gasteiger partial charge >= 0.3 is 5.97 Å². The van der Waals surface area contributed by atoms with Crippen molar-refractivity contribution in [2.24, 2.45) is 0 Å². The van der Waals surface area contributed by atoms with Gasteiger partial charge in [-0.25, -0.2) is 14.8 Å². The molecule has 0 saturated heterocycles. The number of rotatable bonds is 5. The van der Waals surface area contributed by atoms with E-state index in [9.17, 15) is 4.79 Å². The molecule has 0 bridgehead atoms. The third-order valence-electron chi connectivity index (χ3n) is 2.58. The van der Waals surface area contributed by atoms with Crippen molar-refractivity contribution in [2.75, 3.05) is 12.4 Å². The number of anilines is 2. The predicted molar refractivity (Wildman–Crippen MR) is 81.6 cm³/mol. The van der Waals surface area contributed by atoms with Crippen LogP contribution in [0.25, 0.3) is 0 Å². The first kappa shape index (κ1) is 15.2. The number of ether oxygens (including phenoxy) is 2. The monoisotopic (exact) mass is 351 g/mol. The highest BCUT2D eigenvalue weighted by molar-refractivity contribution is 9.10. The highest BCUT2D eigenvalue weighted by Gasteiger charge is 2.14. The summed E-state index contributed by atoms with van der Waals surface area (Å²) in [4.78, 5) is 19.5. The van der Waals surface area contributed by atoms with Gasteiger partial charge in [-0.05, 0) is 47.1 Å². The first-order valence-corrected chi connectivity index (χ1v) is 6.97. The smallest absolute Gasteiger partial charge is 0.346 e. The van der Waals surface area contributed by atoms with E-state index in [0.717, 1.165) is 10.2 Å². The van der Waals surface area contributed by atoms with Gasteiger partial charge in [-0.3, -0.25) is 0 Å². The Bertz CT molecular complexity index is 602. The standard InChI is InChI=1S/C14H14BrN3O3/c1-9(13(19)20-2)21-12-5-3-11(4-6-12)18-14-16-7-10(15)8-17-14/h3-9H,1-2H3,(H,16,17,18). The molecule has 0 aliphatic carbocycles. The van der Waals surface area contributed by atoms with Crippen LogP contribution in [0.3, 0.4) is 0 Å². The molecule has 110 valence electrons. The SMILES string of the molecule is COC(=O)C(C)Oc1ccc(Nc2ncc(Br)cn2)cc1. The fourth-order valence-electron chi connectivity index (χ4n) is 1.54. The molecule has 1 aromatic carbocycles. The number of nitrogens with zero attached hydrogens (tertiary/aromatic N) is 2. The van der Waals surface area contributed by atoms with E-state index in [0.29, 0.717) is 11.7 Å². The van der Waals surface area contributed by atoms with Crippen molar-refractivity contribution in [1.82, 2.24) is 9.97 Å². The van der Waals surface area contributed by atoms with Crippen LogP contribution in [0.1, 0.15) is 6.92 Å². The lowest BCUT2D eigenvalue weighted by atomic mass is 10.3. The lowest BCUT2D eigenvalue weighted by Gasteiger charge is -2.12. The second-order valence-corrected chi connectivity index (χ2v) is 5.07. The van der Waals surface area contributed by atoms with E-state index in [4.69, 9.17) is 4.74 Å². The van der Waals surface area contributed by atoms with Gasteiger partial charge in [0.15, 0.2) is 6.10 Å². The topological polar surface area (TPSA) is 73.3 Å². The molecule has 7 heteroatoms. The van der Waals surface area contributed by atoms with Crippen molar-refractivity contribution < 1.29 is 14.3 Å². The maximum Gasteiger partial charge on any atom is 0.346 e. The van der Waals surface area contributed by atoms with E-state index >= 15 is 0 Å². The molecule has 0 aliphatic heterocycles. The molecular formula is C14H14BrN3O3. The Morgan fingerprint density at radius 2 is 1.86 bits per heavy atom. The number of halogens is 1. The zero-order chi connectivity index (χ0) is 15.2. The minimum Gasteiger partial charge on any atom is -0.479 e. The quantitative estimate of drug-likeness (QED) is 0.835. The highest BCUT2D eigenvalue weighted by atomic mass is 79.9. The van der Waals surface area contributed by atoms with Gasteiger partial charge in [0.25, 0.3) is 0 Å². The van der Waals surface area contributed by atoms with Crippen LogP contribution < -0.4 is 10.1 Å². The molecule has 1 unspecified atom stereocenters. The van der Waals surface area contributed by atoms with Gasteiger partial charge in [0.05, 0.1) is 11.6 Å². The summed E-state index contributed by atoms with van der Waals surface area (Å²) in [6, 6.07) is 7.12. The number of aromatic nitrogens is 2. The molecule has 0 amide bonds. The average molecular weight is 352 g/mol. The Balaban J connectivity index is 1.98. The van der Waals surface area contributed by atoms with Crippen LogP contribution in [0.2, 0.25) is 0 Å². The third kappa shape index (κ3) is 4.42. The fraction of sp³-hybridized carbons (Fsp3) is 0.214. The molecular weight excluding hydrogens is 338 g/mol. The molecule has 21 heavy (non-hydrogen) atoms. The number of benzene rings is 1. The minimum absolute atomic E-state index is 0.416. The maximum atomic E-state index is 11.3. The normalized spacial score (nSPS) is 11.6. The minimum atomic E-state index is -0.649. The molecule has 0 spiro atoms. The number of hydrogen-bond donors (Lipinski definition) is 1. The zero-order valence-corrected chi connectivity index (χ0v) is 13.1. The summed E-state index contributed by atoms with van der Waals surface area (Å²) in [6.45, 7) is 1.63. The summed E-state index contributed by atoms with van der Waals surface area (Å²) in [5.41, 5.74) is 0.815. The summed E-state index contributed by atoms with van der Waals surface area (Å²) < 4.78 is 10.9. The first-order valence-electron chi connectivity index (χ1n) is 6.17. The van der Waals surface area contributed by atoms with Crippen LogP contribution in [0.15, 0.2) is 41.1 Å². The molecule has 1 aromatic heterocycles. The second kappa shape index (κ2) is 7.03. The number of carbonyl (C=O) groups excluding carboxylic acids is 1. The lowest BCUT2D eigenvalue weighted by molar-refractivity contribution is -0.147. The van der Waals surface area contributed by atoms with Crippen LogP contribution in [-0.4, -0.2) is 29.2 Å². The maximum absolute atomic E-state index is 11.3. The summed E-state index contributed by atoms with van der Waals surface area (Å²) in [5.74, 6) is 0.658. The molecule has 1 N–H and O–H groups in total. The Labute approximate surface area is 130 Å². The van der Waals surface area contributed by atoms with Crippen molar-refractivity contribution in [3.63, 3.8) is 0 Å². The van der Waals surface area contributed by atoms with Crippen LogP contribution in [-0.2, 0) is 9.53 Å². The Kier molecular flexibility index (Phi) is 5.10. The van der Waals surface area contributed by atoms with Gasteiger partial charge in [0.1, 0.15) is 5.75 Å². The number of esters is 1. The third-order valence-corrected chi connectivity index (χ3v) is 2.99. The van der Waals surface area contributed by atoms with E-state index < -0.39 is 12.1 Å². The van der Waals surface area contributed by atoms with Crippen molar-refractivity contribution in [2.45, 2.75) is 13.0 Å². The van der Waals surface area contributed by atoms with Gasteiger partial charge in [0, 0.05) is 18.1 Å². The molecule has 0 saturated carbocycles. The number of methoxy groups -OCH3 is 1. The molecule has 0 radical (unpaired) electrons. The fourth-order valence-corrected chi connectivity index (χ4v) is 1.75. The van der Waals surface area contributed by atoms with Crippen LogP contribution >= 0.6 is 15.9 Å². The van der Waals surface area contributed by atoms with Crippen molar-refractivity contribution in [3.05, 3.63) is 41.1 Å². The van der Waals surface area contributed by atoms with E-state index in [1.807, 2.05) is 12.1 Å². The summed E-state index contributed by atoms with van der Waals surface area (Å²) in [6.07, 6.45) is 2.67. The molecule has 6 nitrogen and oxygen atoms in total. The number of hydrogen-bond acceptors (Lipinski definition) is 6. The van der Waals surface area contributed by atoms with E-state index in [2.05, 4.69) is 36.0 Å². The van der Waals surface area contributed by atoms with Gasteiger partial charge in [-0.15, -0.1) is 0 Å². The van der Waals surface area contributed by atoms with Crippen molar-refractivity contribution in [1.29, 1.82) is 0 Å². The molecule has 0 fully saturated rings. The summed E-state index contributed by atoms with van der Waals surface area (Å²) in [5, 5.41) is 3.06. The van der Waals surface area contributed by atoms with Crippen LogP contribution in [0.5, 0.6) is 5.75 Å². The van der Waals surface area contributed by atoms with Gasteiger partial charge < -0.3 is 14.8 Å². The van der Waals surface area contributed by atoms with Crippen LogP contribution in [0.4, 0.5) is 11.6 Å². The van der Waals surface area contributed by atoms with E-state index in [1.165, 1.54) is 7.11 Å². The van der Waals surface area contributed by atoms with Crippen molar-refractivity contribution in [3.8, 4) is 5.75 Å². The molecule has 1 atom stereocenters. The van der Waals surface area contributed by atoms with E-state index in [1.54, 1.807) is 31.5 Å². The lowest BCUT2D eigenvalue weighted by Crippen LogP contribution is -2.24. The van der Waals surface area contributed by atoms with E-state index in [-0.39, 0.29) is 0 Å².